The maximum absolute atomic E-state index is 13.0. The van der Waals surface area contributed by atoms with Crippen molar-refractivity contribution >= 4 is 27.3 Å². The predicted octanol–water partition coefficient (Wildman–Crippen LogP) is 3.93. The number of aromatic nitrogens is 2. The summed E-state index contributed by atoms with van der Waals surface area (Å²) in [6.45, 7) is 6.04. The van der Waals surface area contributed by atoms with Crippen LogP contribution in [0.5, 0.6) is 0 Å². The Hall–Kier alpha value is -2.68. The minimum atomic E-state index is 0.00931. The maximum atomic E-state index is 13.0. The highest BCUT2D eigenvalue weighted by molar-refractivity contribution is 5.98. The second-order valence-electron chi connectivity index (χ2n) is 5.85. The number of hydrogen-bond donors (Lipinski definition) is 0. The first-order valence-electron chi connectivity index (χ1n) is 7.39. The monoisotopic (exact) mass is 288 g/mol. The molecule has 0 aliphatic rings. The Kier molecular flexibility index (Phi) is 2.61. The van der Waals surface area contributed by atoms with E-state index in [9.17, 15) is 4.79 Å². The van der Waals surface area contributed by atoms with E-state index in [4.69, 9.17) is 4.98 Å². The Morgan fingerprint density at radius 3 is 2.41 bits per heavy atom. The number of rotatable bonds is 0. The molecule has 108 valence electrons. The van der Waals surface area contributed by atoms with Crippen LogP contribution in [0, 0.1) is 20.8 Å². The Morgan fingerprint density at radius 2 is 1.64 bits per heavy atom. The van der Waals surface area contributed by atoms with Crippen LogP contribution in [0.25, 0.3) is 27.3 Å². The van der Waals surface area contributed by atoms with Gasteiger partial charge in [0.25, 0.3) is 5.56 Å². The molecule has 0 saturated heterocycles. The molecule has 4 rings (SSSR count). The molecule has 0 amide bonds. The van der Waals surface area contributed by atoms with Crippen LogP contribution in [0.15, 0.2) is 47.3 Å². The fourth-order valence-corrected chi connectivity index (χ4v) is 3.16. The zero-order chi connectivity index (χ0) is 15.4. The number of fused-ring (bicyclic) bond motifs is 4. The molecule has 4 aromatic rings. The smallest absolute Gasteiger partial charge is 0.265 e. The van der Waals surface area contributed by atoms with Gasteiger partial charge in [-0.3, -0.25) is 9.20 Å². The summed E-state index contributed by atoms with van der Waals surface area (Å²) >= 11 is 0. The van der Waals surface area contributed by atoms with Crippen molar-refractivity contribution in [3.63, 3.8) is 0 Å². The fourth-order valence-electron chi connectivity index (χ4n) is 3.16. The Balaban J connectivity index is 2.39. The van der Waals surface area contributed by atoms with Crippen LogP contribution in [0.4, 0.5) is 0 Å². The molecule has 3 heteroatoms. The van der Waals surface area contributed by atoms with Gasteiger partial charge in [0, 0.05) is 11.1 Å². The molecule has 0 fully saturated rings. The number of hydrogen-bond acceptors (Lipinski definition) is 2. The Morgan fingerprint density at radius 1 is 0.909 bits per heavy atom. The second kappa shape index (κ2) is 4.41. The zero-order valence-corrected chi connectivity index (χ0v) is 12.8. The van der Waals surface area contributed by atoms with Crippen LogP contribution < -0.4 is 5.56 Å². The van der Waals surface area contributed by atoms with E-state index in [0.717, 1.165) is 38.8 Å². The number of aryl methyl sites for hydroxylation is 3. The van der Waals surface area contributed by atoms with E-state index in [2.05, 4.69) is 13.0 Å². The fraction of sp³-hybridized carbons (Fsp3) is 0.158. The molecule has 0 aliphatic carbocycles. The molecular formula is C19H16N2O. The summed E-state index contributed by atoms with van der Waals surface area (Å²) < 4.78 is 1.75. The zero-order valence-electron chi connectivity index (χ0n) is 12.8. The highest BCUT2D eigenvalue weighted by Crippen LogP contribution is 2.25. The molecule has 0 bridgehead atoms. The summed E-state index contributed by atoms with van der Waals surface area (Å²) in [6, 6.07) is 14.0. The maximum Gasteiger partial charge on any atom is 0.265 e. The van der Waals surface area contributed by atoms with Crippen LogP contribution in [0.2, 0.25) is 0 Å². The first-order valence-corrected chi connectivity index (χ1v) is 7.39. The summed E-state index contributed by atoms with van der Waals surface area (Å²) in [6.07, 6.45) is 0. The van der Waals surface area contributed by atoms with Crippen LogP contribution in [0.1, 0.15) is 16.8 Å². The van der Waals surface area contributed by atoms with Gasteiger partial charge in [0.1, 0.15) is 5.65 Å². The minimum absolute atomic E-state index is 0.00931. The van der Waals surface area contributed by atoms with Gasteiger partial charge in [0.2, 0.25) is 0 Å². The average Bonchev–Trinajstić information content (AvgIpc) is 2.53. The largest absolute Gasteiger partial charge is 0.268 e. The van der Waals surface area contributed by atoms with Crippen molar-refractivity contribution in [2.24, 2.45) is 0 Å². The van der Waals surface area contributed by atoms with Crippen molar-refractivity contribution in [3.8, 4) is 0 Å². The van der Waals surface area contributed by atoms with E-state index < -0.39 is 0 Å². The number of nitrogens with zero attached hydrogens (tertiary/aromatic N) is 2. The third kappa shape index (κ3) is 1.62. The second-order valence-corrected chi connectivity index (χ2v) is 5.85. The van der Waals surface area contributed by atoms with E-state index in [-0.39, 0.29) is 5.56 Å². The normalized spacial score (nSPS) is 11.6. The molecule has 0 atom stereocenters. The lowest BCUT2D eigenvalue weighted by Crippen LogP contribution is -2.19. The molecule has 0 unspecified atom stereocenters. The van der Waals surface area contributed by atoms with Gasteiger partial charge < -0.3 is 0 Å². The molecule has 0 radical (unpaired) electrons. The predicted molar refractivity (Wildman–Crippen MR) is 90.7 cm³/mol. The molecule has 0 spiro atoms. The van der Waals surface area contributed by atoms with Crippen molar-refractivity contribution in [2.45, 2.75) is 20.8 Å². The minimum Gasteiger partial charge on any atom is -0.268 e. The summed E-state index contributed by atoms with van der Waals surface area (Å²) in [5.41, 5.74) is 4.65. The molecule has 0 saturated carbocycles. The van der Waals surface area contributed by atoms with Gasteiger partial charge in [-0.2, -0.15) is 0 Å². The average molecular weight is 288 g/mol. The summed E-state index contributed by atoms with van der Waals surface area (Å²) in [4.78, 5) is 17.8. The summed E-state index contributed by atoms with van der Waals surface area (Å²) in [5.74, 6) is 0. The van der Waals surface area contributed by atoms with E-state index >= 15 is 0 Å². The van der Waals surface area contributed by atoms with Gasteiger partial charge >= 0.3 is 0 Å². The van der Waals surface area contributed by atoms with Crippen molar-refractivity contribution in [3.05, 3.63) is 69.6 Å². The van der Waals surface area contributed by atoms with Crippen LogP contribution >= 0.6 is 0 Å². The van der Waals surface area contributed by atoms with Crippen molar-refractivity contribution < 1.29 is 0 Å². The van der Waals surface area contributed by atoms with Gasteiger partial charge in [-0.15, -0.1) is 0 Å². The third-order valence-electron chi connectivity index (χ3n) is 4.47. The highest BCUT2D eigenvalue weighted by Gasteiger charge is 2.13. The molecule has 2 aromatic carbocycles. The van der Waals surface area contributed by atoms with Gasteiger partial charge in [0.15, 0.2) is 0 Å². The van der Waals surface area contributed by atoms with Gasteiger partial charge in [0.05, 0.1) is 10.9 Å². The van der Waals surface area contributed by atoms with Gasteiger partial charge in [-0.05, 0) is 43.9 Å². The Bertz CT molecular complexity index is 1120. The molecule has 2 heterocycles. The summed E-state index contributed by atoms with van der Waals surface area (Å²) in [7, 11) is 0. The van der Waals surface area contributed by atoms with Crippen LogP contribution in [-0.2, 0) is 0 Å². The Labute approximate surface area is 127 Å². The molecule has 0 N–H and O–H groups in total. The quantitative estimate of drug-likeness (QED) is 0.363. The highest BCUT2D eigenvalue weighted by atomic mass is 16.1. The standard InChI is InChI=1S/C19H16N2O/c1-11-8-9-17-16(10-11)19(22)21-13(3)12(2)14-6-4-5-7-15(14)18(21)20-17/h4-10H,1-3H3. The molecule has 22 heavy (non-hydrogen) atoms. The van der Waals surface area contributed by atoms with Gasteiger partial charge in [-0.1, -0.05) is 35.9 Å². The topological polar surface area (TPSA) is 34.4 Å². The van der Waals surface area contributed by atoms with Gasteiger partial charge in [-0.25, -0.2) is 4.98 Å². The van der Waals surface area contributed by atoms with E-state index in [1.807, 2.05) is 50.2 Å². The lowest BCUT2D eigenvalue weighted by molar-refractivity contribution is 1.01. The molecule has 0 aliphatic heterocycles. The van der Waals surface area contributed by atoms with Crippen molar-refractivity contribution in [1.29, 1.82) is 0 Å². The van der Waals surface area contributed by atoms with Crippen LogP contribution in [0.3, 0.4) is 0 Å². The lowest BCUT2D eigenvalue weighted by Gasteiger charge is -2.13. The third-order valence-corrected chi connectivity index (χ3v) is 4.47. The van der Waals surface area contributed by atoms with Crippen molar-refractivity contribution in [2.75, 3.05) is 0 Å². The SMILES string of the molecule is Cc1ccc2nc3c4ccccc4c(C)c(C)n3c(=O)c2c1. The molecule has 3 nitrogen and oxygen atoms in total. The van der Waals surface area contributed by atoms with Crippen LogP contribution in [-0.4, -0.2) is 9.38 Å². The number of benzene rings is 2. The van der Waals surface area contributed by atoms with E-state index in [0.29, 0.717) is 5.39 Å². The van der Waals surface area contributed by atoms with Crippen molar-refractivity contribution in [1.82, 2.24) is 9.38 Å². The lowest BCUT2D eigenvalue weighted by atomic mass is 10.0. The molecule has 2 aromatic heterocycles. The number of pyridine rings is 1. The van der Waals surface area contributed by atoms with E-state index in [1.165, 1.54) is 0 Å². The first kappa shape index (κ1) is 13.0. The molecular weight excluding hydrogens is 272 g/mol. The first-order chi connectivity index (χ1) is 10.6. The van der Waals surface area contributed by atoms with E-state index in [1.54, 1.807) is 4.40 Å². The summed E-state index contributed by atoms with van der Waals surface area (Å²) in [5, 5.41) is 2.85.